The molecule has 1 heterocycles. The summed E-state index contributed by atoms with van der Waals surface area (Å²) in [5.41, 5.74) is 4.33. The molecule has 0 aliphatic heterocycles. The molecule has 0 saturated heterocycles. The number of hydrogen-bond donors (Lipinski definition) is 0. The summed E-state index contributed by atoms with van der Waals surface area (Å²) < 4.78 is 0. The summed E-state index contributed by atoms with van der Waals surface area (Å²) in [6.45, 7) is 6.15. The summed E-state index contributed by atoms with van der Waals surface area (Å²) in [7, 11) is 0. The third-order valence-corrected chi connectivity index (χ3v) is 2.95. The fourth-order valence-corrected chi connectivity index (χ4v) is 1.68. The molecule has 82 valence electrons. The molecule has 2 heteroatoms. The number of aryl methyl sites for hydroxylation is 2. The molecular weight excluding hydrogens is 196 g/mol. The summed E-state index contributed by atoms with van der Waals surface area (Å²) in [4.78, 5) is 8.95. The fourth-order valence-electron chi connectivity index (χ4n) is 1.68. The van der Waals surface area contributed by atoms with Gasteiger partial charge in [0.2, 0.25) is 0 Å². The zero-order chi connectivity index (χ0) is 11.5. The summed E-state index contributed by atoms with van der Waals surface area (Å²) in [6.07, 6.45) is 1.88. The average molecular weight is 212 g/mol. The number of nitrogens with zero attached hydrogens (tertiary/aromatic N) is 2. The van der Waals surface area contributed by atoms with E-state index in [1.54, 1.807) is 0 Å². The topological polar surface area (TPSA) is 25.8 Å². The van der Waals surface area contributed by atoms with Gasteiger partial charge in [0.05, 0.1) is 17.1 Å². The van der Waals surface area contributed by atoms with E-state index in [1.165, 1.54) is 5.56 Å². The Hall–Kier alpha value is -1.70. The number of aromatic nitrogens is 2. The Labute approximate surface area is 96.4 Å². The molecule has 2 aromatic rings. The summed E-state index contributed by atoms with van der Waals surface area (Å²) in [6, 6.07) is 10.4. The van der Waals surface area contributed by atoms with Crippen molar-refractivity contribution in [2.75, 3.05) is 0 Å². The standard InChI is InChI=1S/C14H16N2/c1-10(13-7-5-4-6-8-13)14-9-15-11(2)12(3)16-14/h4-10H,1-3H3. The summed E-state index contributed by atoms with van der Waals surface area (Å²) in [5.74, 6) is 0.299. The van der Waals surface area contributed by atoms with E-state index in [-0.39, 0.29) is 0 Å². The maximum Gasteiger partial charge on any atom is 0.0662 e. The Morgan fingerprint density at radius 3 is 2.31 bits per heavy atom. The molecule has 0 amide bonds. The highest BCUT2D eigenvalue weighted by Gasteiger charge is 2.10. The highest BCUT2D eigenvalue weighted by atomic mass is 14.8. The van der Waals surface area contributed by atoms with E-state index < -0.39 is 0 Å². The van der Waals surface area contributed by atoms with E-state index in [4.69, 9.17) is 0 Å². The Morgan fingerprint density at radius 1 is 1.00 bits per heavy atom. The van der Waals surface area contributed by atoms with Gasteiger partial charge in [0, 0.05) is 12.1 Å². The monoisotopic (exact) mass is 212 g/mol. The largest absolute Gasteiger partial charge is 0.258 e. The van der Waals surface area contributed by atoms with E-state index >= 15 is 0 Å². The molecule has 16 heavy (non-hydrogen) atoms. The molecule has 0 radical (unpaired) electrons. The van der Waals surface area contributed by atoms with E-state index in [0.717, 1.165) is 17.1 Å². The fraction of sp³-hybridized carbons (Fsp3) is 0.286. The van der Waals surface area contributed by atoms with Crippen LogP contribution in [0.4, 0.5) is 0 Å². The SMILES string of the molecule is Cc1ncc(C(C)c2ccccc2)nc1C. The van der Waals surface area contributed by atoms with Gasteiger partial charge < -0.3 is 0 Å². The molecule has 0 N–H and O–H groups in total. The molecule has 1 aromatic heterocycles. The first-order valence-electron chi connectivity index (χ1n) is 5.53. The van der Waals surface area contributed by atoms with Crippen molar-refractivity contribution in [3.63, 3.8) is 0 Å². The van der Waals surface area contributed by atoms with Crippen molar-refractivity contribution in [3.05, 3.63) is 59.2 Å². The molecule has 2 rings (SSSR count). The second-order valence-electron chi connectivity index (χ2n) is 4.10. The van der Waals surface area contributed by atoms with E-state index in [1.807, 2.05) is 26.1 Å². The van der Waals surface area contributed by atoms with Gasteiger partial charge in [-0.2, -0.15) is 0 Å². The average Bonchev–Trinajstić information content (AvgIpc) is 2.33. The molecular formula is C14H16N2. The maximum absolute atomic E-state index is 4.59. The Morgan fingerprint density at radius 2 is 1.69 bits per heavy atom. The van der Waals surface area contributed by atoms with Crippen LogP contribution in [0, 0.1) is 13.8 Å². The summed E-state index contributed by atoms with van der Waals surface area (Å²) >= 11 is 0. The zero-order valence-electron chi connectivity index (χ0n) is 9.94. The van der Waals surface area contributed by atoms with Gasteiger partial charge >= 0.3 is 0 Å². The van der Waals surface area contributed by atoms with Crippen LogP contribution in [-0.4, -0.2) is 9.97 Å². The molecule has 1 aromatic carbocycles. The van der Waals surface area contributed by atoms with Crippen molar-refractivity contribution in [2.45, 2.75) is 26.7 Å². The third kappa shape index (κ3) is 2.11. The smallest absolute Gasteiger partial charge is 0.0662 e. The first kappa shape index (κ1) is 10.8. The van der Waals surface area contributed by atoms with Crippen LogP contribution in [0.2, 0.25) is 0 Å². The number of hydrogen-bond acceptors (Lipinski definition) is 2. The van der Waals surface area contributed by atoms with Crippen LogP contribution in [-0.2, 0) is 0 Å². The molecule has 0 aliphatic rings. The van der Waals surface area contributed by atoms with Gasteiger partial charge in [-0.25, -0.2) is 0 Å². The Bertz CT molecular complexity index is 477. The minimum absolute atomic E-state index is 0.299. The molecule has 0 saturated carbocycles. The van der Waals surface area contributed by atoms with Crippen LogP contribution in [0.3, 0.4) is 0 Å². The van der Waals surface area contributed by atoms with Gasteiger partial charge in [0.25, 0.3) is 0 Å². The highest BCUT2D eigenvalue weighted by Crippen LogP contribution is 2.21. The van der Waals surface area contributed by atoms with Crippen molar-refractivity contribution in [3.8, 4) is 0 Å². The third-order valence-electron chi connectivity index (χ3n) is 2.95. The quantitative estimate of drug-likeness (QED) is 0.763. The van der Waals surface area contributed by atoms with E-state index in [2.05, 4.69) is 41.2 Å². The van der Waals surface area contributed by atoms with E-state index in [0.29, 0.717) is 5.92 Å². The van der Waals surface area contributed by atoms with Crippen molar-refractivity contribution in [2.24, 2.45) is 0 Å². The first-order valence-corrected chi connectivity index (χ1v) is 5.53. The first-order chi connectivity index (χ1) is 7.68. The molecule has 1 atom stereocenters. The zero-order valence-corrected chi connectivity index (χ0v) is 9.94. The van der Waals surface area contributed by atoms with Gasteiger partial charge in [-0.3, -0.25) is 9.97 Å². The predicted molar refractivity (Wildman–Crippen MR) is 65.5 cm³/mol. The lowest BCUT2D eigenvalue weighted by Crippen LogP contribution is -2.03. The predicted octanol–water partition coefficient (Wildman–Crippen LogP) is 3.25. The number of benzene rings is 1. The highest BCUT2D eigenvalue weighted by molar-refractivity contribution is 5.27. The molecule has 0 fully saturated rings. The van der Waals surface area contributed by atoms with Crippen molar-refractivity contribution in [1.29, 1.82) is 0 Å². The minimum atomic E-state index is 0.299. The second kappa shape index (κ2) is 4.44. The second-order valence-corrected chi connectivity index (χ2v) is 4.10. The van der Waals surface area contributed by atoms with Gasteiger partial charge in [0.15, 0.2) is 0 Å². The van der Waals surface area contributed by atoms with Crippen LogP contribution >= 0.6 is 0 Å². The van der Waals surface area contributed by atoms with E-state index in [9.17, 15) is 0 Å². The van der Waals surface area contributed by atoms with Crippen molar-refractivity contribution >= 4 is 0 Å². The van der Waals surface area contributed by atoms with Crippen LogP contribution in [0.1, 0.15) is 35.5 Å². The molecule has 0 aliphatic carbocycles. The number of rotatable bonds is 2. The van der Waals surface area contributed by atoms with Crippen molar-refractivity contribution in [1.82, 2.24) is 9.97 Å². The molecule has 0 spiro atoms. The minimum Gasteiger partial charge on any atom is -0.258 e. The maximum atomic E-state index is 4.59. The van der Waals surface area contributed by atoms with Gasteiger partial charge in [-0.15, -0.1) is 0 Å². The molecule has 2 nitrogen and oxygen atoms in total. The van der Waals surface area contributed by atoms with Crippen LogP contribution < -0.4 is 0 Å². The van der Waals surface area contributed by atoms with Crippen LogP contribution in [0.5, 0.6) is 0 Å². The Kier molecular flexibility index (Phi) is 3.00. The lowest BCUT2D eigenvalue weighted by molar-refractivity contribution is 0.836. The van der Waals surface area contributed by atoms with Crippen LogP contribution in [0.15, 0.2) is 36.5 Å². The lowest BCUT2D eigenvalue weighted by Gasteiger charge is -2.12. The Balaban J connectivity index is 2.34. The van der Waals surface area contributed by atoms with Gasteiger partial charge in [-0.1, -0.05) is 37.3 Å². The summed E-state index contributed by atoms with van der Waals surface area (Å²) in [5, 5.41) is 0. The van der Waals surface area contributed by atoms with Crippen LogP contribution in [0.25, 0.3) is 0 Å². The molecule has 0 bridgehead atoms. The van der Waals surface area contributed by atoms with Gasteiger partial charge in [-0.05, 0) is 19.4 Å². The van der Waals surface area contributed by atoms with Gasteiger partial charge in [0.1, 0.15) is 0 Å². The lowest BCUT2D eigenvalue weighted by atomic mass is 9.98. The molecule has 1 unspecified atom stereocenters. The van der Waals surface area contributed by atoms with Crippen molar-refractivity contribution < 1.29 is 0 Å². The normalized spacial score (nSPS) is 12.4.